The molecule has 3 aromatic carbocycles. The molecule has 8 heteroatoms. The van der Waals surface area contributed by atoms with Crippen molar-refractivity contribution in [2.45, 2.75) is 6.61 Å². The van der Waals surface area contributed by atoms with Crippen LogP contribution in [0.15, 0.2) is 70.2 Å². The van der Waals surface area contributed by atoms with E-state index < -0.39 is 5.91 Å². The molecule has 0 saturated carbocycles. The lowest BCUT2D eigenvalue weighted by Crippen LogP contribution is -2.17. The van der Waals surface area contributed by atoms with Gasteiger partial charge in [0.2, 0.25) is 0 Å². The standard InChI is InChI=1S/C22H17BrCl2N2O3/c1-29-20-11-14(12-26-27-22(28)16-7-3-5-9-19(16)25)10-17(23)21(20)30-13-15-6-2-4-8-18(15)24/h2-12H,13H2,1H3,(H,27,28). The van der Waals surface area contributed by atoms with Crippen LogP contribution in [0.2, 0.25) is 10.0 Å². The number of hydrazone groups is 1. The van der Waals surface area contributed by atoms with Gasteiger partial charge >= 0.3 is 0 Å². The van der Waals surface area contributed by atoms with Crippen LogP contribution >= 0.6 is 39.1 Å². The summed E-state index contributed by atoms with van der Waals surface area (Å²) in [6, 6.07) is 17.8. The van der Waals surface area contributed by atoms with Crippen molar-refractivity contribution in [3.63, 3.8) is 0 Å². The van der Waals surface area contributed by atoms with Gasteiger partial charge < -0.3 is 9.47 Å². The smallest absolute Gasteiger partial charge is 0.272 e. The Morgan fingerprint density at radius 3 is 2.50 bits per heavy atom. The lowest BCUT2D eigenvalue weighted by molar-refractivity contribution is 0.0955. The van der Waals surface area contributed by atoms with E-state index in [2.05, 4.69) is 26.5 Å². The molecule has 0 saturated heterocycles. The zero-order chi connectivity index (χ0) is 21.5. The Balaban J connectivity index is 1.72. The Labute approximate surface area is 192 Å². The highest BCUT2D eigenvalue weighted by Crippen LogP contribution is 2.37. The maximum absolute atomic E-state index is 12.2. The van der Waals surface area contributed by atoms with Crippen LogP contribution in [0.3, 0.4) is 0 Å². The average Bonchev–Trinajstić information content (AvgIpc) is 2.74. The van der Waals surface area contributed by atoms with Gasteiger partial charge in [0.25, 0.3) is 5.91 Å². The second kappa shape index (κ2) is 10.5. The molecule has 1 N–H and O–H groups in total. The Morgan fingerprint density at radius 2 is 1.80 bits per heavy atom. The fourth-order valence-corrected chi connectivity index (χ4v) is 3.58. The summed E-state index contributed by atoms with van der Waals surface area (Å²) in [4.78, 5) is 12.2. The number of ether oxygens (including phenoxy) is 2. The van der Waals surface area contributed by atoms with Crippen LogP contribution in [0, 0.1) is 0 Å². The first-order valence-corrected chi connectivity index (χ1v) is 10.4. The molecule has 0 unspecified atom stereocenters. The van der Waals surface area contributed by atoms with Crippen molar-refractivity contribution in [1.82, 2.24) is 5.43 Å². The van der Waals surface area contributed by atoms with Crippen LogP contribution in [0.5, 0.6) is 11.5 Å². The normalized spacial score (nSPS) is 10.8. The van der Waals surface area contributed by atoms with E-state index in [0.717, 1.165) is 5.56 Å². The second-order valence-electron chi connectivity index (χ2n) is 6.09. The lowest BCUT2D eigenvalue weighted by atomic mass is 10.2. The SMILES string of the molecule is COc1cc(C=NNC(=O)c2ccccc2Cl)cc(Br)c1OCc1ccccc1Cl. The first kappa shape index (κ1) is 22.2. The molecule has 3 aromatic rings. The Hall–Kier alpha value is -2.54. The number of nitrogens with zero attached hydrogens (tertiary/aromatic N) is 1. The molecule has 0 aliphatic rings. The zero-order valence-corrected chi connectivity index (χ0v) is 19.0. The minimum Gasteiger partial charge on any atom is -0.493 e. The molecular weight excluding hydrogens is 491 g/mol. The molecule has 3 rings (SSSR count). The molecule has 0 aliphatic carbocycles. The van der Waals surface area contributed by atoms with E-state index in [1.807, 2.05) is 24.3 Å². The highest BCUT2D eigenvalue weighted by molar-refractivity contribution is 9.10. The molecular formula is C22H17BrCl2N2O3. The molecule has 30 heavy (non-hydrogen) atoms. The molecule has 0 heterocycles. The first-order chi connectivity index (χ1) is 14.5. The van der Waals surface area contributed by atoms with Crippen LogP contribution in [0.25, 0.3) is 0 Å². The van der Waals surface area contributed by atoms with Crippen LogP contribution in [-0.2, 0) is 6.61 Å². The summed E-state index contributed by atoms with van der Waals surface area (Å²) < 4.78 is 12.0. The van der Waals surface area contributed by atoms with Crippen molar-refractivity contribution >= 4 is 51.3 Å². The maximum Gasteiger partial charge on any atom is 0.272 e. The van der Waals surface area contributed by atoms with Gasteiger partial charge in [-0.05, 0) is 51.8 Å². The Bertz CT molecular complexity index is 1090. The van der Waals surface area contributed by atoms with Crippen molar-refractivity contribution in [1.29, 1.82) is 0 Å². The molecule has 0 aromatic heterocycles. The van der Waals surface area contributed by atoms with Gasteiger partial charge in [-0.2, -0.15) is 5.10 Å². The summed E-state index contributed by atoms with van der Waals surface area (Å²) in [5.41, 5.74) is 4.36. The molecule has 0 bridgehead atoms. The summed E-state index contributed by atoms with van der Waals surface area (Å²) in [7, 11) is 1.55. The predicted molar refractivity (Wildman–Crippen MR) is 123 cm³/mol. The predicted octanol–water partition coefficient (Wildman–Crippen LogP) is 6.11. The quantitative estimate of drug-likeness (QED) is 0.310. The summed E-state index contributed by atoms with van der Waals surface area (Å²) >= 11 is 15.7. The van der Waals surface area contributed by atoms with Crippen LogP contribution in [-0.4, -0.2) is 19.2 Å². The van der Waals surface area contributed by atoms with Gasteiger partial charge in [0.1, 0.15) is 6.61 Å². The number of hydrogen-bond donors (Lipinski definition) is 1. The fraction of sp³-hybridized carbons (Fsp3) is 0.0909. The van der Waals surface area contributed by atoms with Gasteiger partial charge in [-0.25, -0.2) is 5.43 Å². The zero-order valence-electron chi connectivity index (χ0n) is 15.9. The Kier molecular flexibility index (Phi) is 7.74. The molecule has 0 radical (unpaired) electrons. The third kappa shape index (κ3) is 5.53. The summed E-state index contributed by atoms with van der Waals surface area (Å²) in [6.07, 6.45) is 1.50. The minimum absolute atomic E-state index is 0.288. The largest absolute Gasteiger partial charge is 0.493 e. The van der Waals surface area contributed by atoms with Crippen molar-refractivity contribution < 1.29 is 14.3 Å². The number of carbonyl (C=O) groups is 1. The van der Waals surface area contributed by atoms with Gasteiger partial charge in [0.15, 0.2) is 11.5 Å². The van der Waals surface area contributed by atoms with Crippen molar-refractivity contribution in [2.75, 3.05) is 7.11 Å². The number of benzene rings is 3. The van der Waals surface area contributed by atoms with Crippen molar-refractivity contribution in [3.8, 4) is 11.5 Å². The number of methoxy groups -OCH3 is 1. The maximum atomic E-state index is 12.2. The highest BCUT2D eigenvalue weighted by Gasteiger charge is 2.13. The molecule has 154 valence electrons. The fourth-order valence-electron chi connectivity index (χ4n) is 2.59. The van der Waals surface area contributed by atoms with Gasteiger partial charge in [0, 0.05) is 10.6 Å². The molecule has 5 nitrogen and oxygen atoms in total. The Morgan fingerprint density at radius 1 is 1.10 bits per heavy atom. The van der Waals surface area contributed by atoms with Gasteiger partial charge in [-0.15, -0.1) is 0 Å². The third-order valence-electron chi connectivity index (χ3n) is 4.08. The second-order valence-corrected chi connectivity index (χ2v) is 7.76. The van der Waals surface area contributed by atoms with E-state index in [0.29, 0.717) is 37.1 Å². The number of amides is 1. The number of halogens is 3. The number of carbonyl (C=O) groups excluding carboxylic acids is 1. The minimum atomic E-state index is -0.400. The number of hydrogen-bond acceptors (Lipinski definition) is 4. The van der Waals surface area contributed by atoms with Gasteiger partial charge in [-0.3, -0.25) is 4.79 Å². The number of nitrogens with one attached hydrogen (secondary N) is 1. The molecule has 0 fully saturated rings. The highest BCUT2D eigenvalue weighted by atomic mass is 79.9. The summed E-state index contributed by atoms with van der Waals surface area (Å²) in [5, 5.41) is 4.98. The van der Waals surface area contributed by atoms with Crippen molar-refractivity contribution in [3.05, 3.63) is 91.9 Å². The van der Waals surface area contributed by atoms with Crippen molar-refractivity contribution in [2.24, 2.45) is 5.10 Å². The summed E-state index contributed by atoms with van der Waals surface area (Å²) in [6.45, 7) is 0.288. The first-order valence-electron chi connectivity index (χ1n) is 8.81. The molecule has 0 spiro atoms. The van der Waals surface area contributed by atoms with Crippen LogP contribution in [0.4, 0.5) is 0 Å². The van der Waals surface area contributed by atoms with E-state index in [1.54, 1.807) is 43.5 Å². The van der Waals surface area contributed by atoms with E-state index in [-0.39, 0.29) is 6.61 Å². The molecule has 1 amide bonds. The van der Waals surface area contributed by atoms with E-state index in [9.17, 15) is 4.79 Å². The molecule has 0 atom stereocenters. The van der Waals surface area contributed by atoms with E-state index in [4.69, 9.17) is 32.7 Å². The molecule has 0 aliphatic heterocycles. The monoisotopic (exact) mass is 506 g/mol. The number of rotatable bonds is 7. The lowest BCUT2D eigenvalue weighted by Gasteiger charge is -2.14. The third-order valence-corrected chi connectivity index (χ3v) is 5.37. The van der Waals surface area contributed by atoms with E-state index in [1.165, 1.54) is 6.21 Å². The van der Waals surface area contributed by atoms with E-state index >= 15 is 0 Å². The average molecular weight is 508 g/mol. The van der Waals surface area contributed by atoms with Gasteiger partial charge in [-0.1, -0.05) is 53.5 Å². The van der Waals surface area contributed by atoms with Gasteiger partial charge in [0.05, 0.1) is 28.4 Å². The van der Waals surface area contributed by atoms with Crippen LogP contribution < -0.4 is 14.9 Å². The topological polar surface area (TPSA) is 59.9 Å². The van der Waals surface area contributed by atoms with Crippen LogP contribution in [0.1, 0.15) is 21.5 Å². The summed E-state index contributed by atoms with van der Waals surface area (Å²) in [5.74, 6) is 0.646.